The van der Waals surface area contributed by atoms with Crippen LogP contribution in [0.5, 0.6) is 0 Å². The molecule has 2 unspecified atom stereocenters. The van der Waals surface area contributed by atoms with E-state index in [0.717, 1.165) is 30.6 Å². The smallest absolute Gasteiger partial charge is 0.250 e. The van der Waals surface area contributed by atoms with Crippen molar-refractivity contribution in [2.75, 3.05) is 6.54 Å². The van der Waals surface area contributed by atoms with Crippen LogP contribution in [0.3, 0.4) is 0 Å². The highest BCUT2D eigenvalue weighted by atomic mass is 35.5. The van der Waals surface area contributed by atoms with Crippen LogP contribution in [0.25, 0.3) is 0 Å². The molecule has 0 aromatic carbocycles. The van der Waals surface area contributed by atoms with Crippen LogP contribution in [-0.2, 0) is 21.2 Å². The number of hydrogen-bond acceptors (Lipinski definition) is 5. The molecule has 0 aliphatic carbocycles. The Morgan fingerprint density at radius 3 is 2.56 bits per heavy atom. The molecule has 3 N–H and O–H groups in total. The van der Waals surface area contributed by atoms with E-state index in [2.05, 4.69) is 15.4 Å². The van der Waals surface area contributed by atoms with Crippen molar-refractivity contribution in [2.45, 2.75) is 74.7 Å². The molecule has 154 valence electrons. The lowest BCUT2D eigenvalue weighted by Crippen LogP contribution is -2.47. The fourth-order valence-corrected chi connectivity index (χ4v) is 6.47. The van der Waals surface area contributed by atoms with Crippen molar-refractivity contribution in [1.29, 1.82) is 0 Å². The molecule has 2 fully saturated rings. The number of hydrogen-bond donors (Lipinski definition) is 3. The number of sulfonamides is 1. The maximum Gasteiger partial charge on any atom is 0.250 e. The molecule has 1 aromatic rings. The molecule has 0 radical (unpaired) electrons. The normalized spacial score (nSPS) is 24.6. The topological polar surface area (TPSA) is 87.3 Å². The average molecular weight is 436 g/mol. The van der Waals surface area contributed by atoms with E-state index in [-0.39, 0.29) is 24.4 Å². The van der Waals surface area contributed by atoms with Crippen molar-refractivity contribution in [3.8, 4) is 0 Å². The van der Waals surface area contributed by atoms with Gasteiger partial charge in [-0.05, 0) is 50.2 Å². The predicted molar refractivity (Wildman–Crippen MR) is 111 cm³/mol. The summed E-state index contributed by atoms with van der Waals surface area (Å²) in [7, 11) is -3.46. The van der Waals surface area contributed by atoms with E-state index in [4.69, 9.17) is 0 Å². The molecular weight excluding hydrogens is 406 g/mol. The maximum atomic E-state index is 12.7. The number of carbonyl (C=O) groups excluding carboxylic acids is 1. The zero-order chi connectivity index (χ0) is 18.7. The molecule has 2 saturated heterocycles. The van der Waals surface area contributed by atoms with Gasteiger partial charge in [-0.15, -0.1) is 23.7 Å². The molecule has 2 aliphatic heterocycles. The van der Waals surface area contributed by atoms with Gasteiger partial charge < -0.3 is 10.6 Å². The summed E-state index contributed by atoms with van der Waals surface area (Å²) in [5.74, 6) is 0.386. The number of fused-ring (bicyclic) bond motifs is 2. The number of thiophene rings is 1. The molecule has 6 nitrogen and oxygen atoms in total. The third-order valence-corrected chi connectivity index (χ3v) is 8.14. The summed E-state index contributed by atoms with van der Waals surface area (Å²) in [6.07, 6.45) is 5.21. The van der Waals surface area contributed by atoms with Crippen molar-refractivity contribution in [1.82, 2.24) is 15.4 Å². The Morgan fingerprint density at radius 2 is 1.93 bits per heavy atom. The van der Waals surface area contributed by atoms with Crippen LogP contribution < -0.4 is 15.4 Å². The maximum absolute atomic E-state index is 12.7. The summed E-state index contributed by atoms with van der Waals surface area (Å²) < 4.78 is 28.6. The summed E-state index contributed by atoms with van der Waals surface area (Å²) in [6.45, 7) is 4.56. The van der Waals surface area contributed by atoms with Gasteiger partial charge in [-0.25, -0.2) is 13.1 Å². The molecule has 2 aliphatic rings. The van der Waals surface area contributed by atoms with Crippen molar-refractivity contribution in [2.24, 2.45) is 5.92 Å². The zero-order valence-corrected chi connectivity index (χ0v) is 18.3. The van der Waals surface area contributed by atoms with E-state index in [9.17, 15) is 13.2 Å². The van der Waals surface area contributed by atoms with Crippen molar-refractivity contribution >= 4 is 39.7 Å². The van der Waals surface area contributed by atoms with Gasteiger partial charge in [0.2, 0.25) is 15.9 Å². The number of halogens is 1. The molecule has 3 rings (SSSR count). The lowest BCUT2D eigenvalue weighted by Gasteiger charge is -2.29. The van der Waals surface area contributed by atoms with Gasteiger partial charge in [0, 0.05) is 36.0 Å². The van der Waals surface area contributed by atoms with Crippen LogP contribution in [0, 0.1) is 5.92 Å². The molecule has 0 spiro atoms. The van der Waals surface area contributed by atoms with Crippen molar-refractivity contribution in [3.05, 3.63) is 17.0 Å². The van der Waals surface area contributed by atoms with Crippen LogP contribution in [0.15, 0.2) is 16.3 Å². The number of nitrogens with one attached hydrogen (secondary N) is 3. The van der Waals surface area contributed by atoms with Crippen LogP contribution in [0.2, 0.25) is 0 Å². The molecule has 9 heteroatoms. The van der Waals surface area contributed by atoms with Gasteiger partial charge in [0.1, 0.15) is 4.21 Å². The predicted octanol–water partition coefficient (Wildman–Crippen LogP) is 2.44. The molecule has 0 saturated carbocycles. The largest absolute Gasteiger partial charge is 0.356 e. The second-order valence-electron chi connectivity index (χ2n) is 7.85. The highest BCUT2D eigenvalue weighted by Gasteiger charge is 2.35. The standard InChI is InChI=1S/C18H29N3O3S2.ClH/c1-12(2)9-17(22)19-8-7-16-5-6-18(25-16)26(23,24)21-15-10-13-3-4-14(11-15)20-13;/h5-6,12-15,20-21H,3-4,7-11H2,1-2H3,(H,19,22);1H. The minimum Gasteiger partial charge on any atom is -0.356 e. The number of rotatable bonds is 8. The van der Waals surface area contributed by atoms with Crippen molar-refractivity contribution in [3.63, 3.8) is 0 Å². The highest BCUT2D eigenvalue weighted by Crippen LogP contribution is 2.29. The summed E-state index contributed by atoms with van der Waals surface area (Å²) in [6, 6.07) is 4.46. The number of amides is 1. The Labute approximate surface area is 172 Å². The number of piperidine rings is 1. The first kappa shape index (κ1) is 22.6. The summed E-state index contributed by atoms with van der Waals surface area (Å²) >= 11 is 1.29. The van der Waals surface area contributed by atoms with Crippen LogP contribution in [0.4, 0.5) is 0 Å². The zero-order valence-electron chi connectivity index (χ0n) is 15.9. The van der Waals surface area contributed by atoms with Gasteiger partial charge >= 0.3 is 0 Å². The second-order valence-corrected chi connectivity index (χ2v) is 11.0. The lowest BCUT2D eigenvalue weighted by atomic mass is 10.0. The first-order valence-electron chi connectivity index (χ1n) is 9.45. The molecular formula is C18H30ClN3O3S2. The first-order chi connectivity index (χ1) is 12.3. The second kappa shape index (κ2) is 9.69. The van der Waals surface area contributed by atoms with Crippen molar-refractivity contribution < 1.29 is 13.2 Å². The third kappa shape index (κ3) is 6.42. The first-order valence-corrected chi connectivity index (χ1v) is 11.8. The van der Waals surface area contributed by atoms with Crippen LogP contribution in [0.1, 0.15) is 50.8 Å². The molecule has 27 heavy (non-hydrogen) atoms. The van der Waals surface area contributed by atoms with Gasteiger partial charge in [0.25, 0.3) is 0 Å². The fraction of sp³-hybridized carbons (Fsp3) is 0.722. The quantitative estimate of drug-likeness (QED) is 0.585. The van der Waals surface area contributed by atoms with Crippen LogP contribution in [-0.4, -0.2) is 39.0 Å². The van der Waals surface area contributed by atoms with Gasteiger partial charge in [0.15, 0.2) is 0 Å². The monoisotopic (exact) mass is 435 g/mol. The molecule has 1 aromatic heterocycles. The lowest BCUT2D eigenvalue weighted by molar-refractivity contribution is -0.121. The van der Waals surface area contributed by atoms with Gasteiger partial charge in [-0.2, -0.15) is 0 Å². The molecule has 2 bridgehead atoms. The SMILES string of the molecule is CC(C)CC(=O)NCCc1ccc(S(=O)(=O)NC2CC3CCC(C2)N3)s1.Cl. The van der Waals surface area contributed by atoms with Gasteiger partial charge in [-0.1, -0.05) is 13.8 Å². The minimum absolute atomic E-state index is 0. The van der Waals surface area contributed by atoms with E-state index >= 15 is 0 Å². The number of carbonyl (C=O) groups is 1. The van der Waals surface area contributed by atoms with E-state index in [1.165, 1.54) is 11.3 Å². The third-order valence-electron chi connectivity index (χ3n) is 4.98. The molecule has 2 atom stereocenters. The average Bonchev–Trinajstić information content (AvgIpc) is 3.13. The van der Waals surface area contributed by atoms with Gasteiger partial charge in [0.05, 0.1) is 0 Å². The molecule has 1 amide bonds. The van der Waals surface area contributed by atoms with E-state index in [0.29, 0.717) is 41.6 Å². The highest BCUT2D eigenvalue weighted by molar-refractivity contribution is 7.91. The Balaban J connectivity index is 0.00000261. The van der Waals surface area contributed by atoms with E-state index in [1.54, 1.807) is 6.07 Å². The Bertz CT molecular complexity index is 724. The molecule has 3 heterocycles. The van der Waals surface area contributed by atoms with Gasteiger partial charge in [-0.3, -0.25) is 4.79 Å². The summed E-state index contributed by atoms with van der Waals surface area (Å²) in [5, 5.41) is 6.42. The minimum atomic E-state index is -3.46. The Morgan fingerprint density at radius 1 is 1.26 bits per heavy atom. The Kier molecular flexibility index (Phi) is 8.12. The van der Waals surface area contributed by atoms with Crippen LogP contribution >= 0.6 is 23.7 Å². The summed E-state index contributed by atoms with van der Waals surface area (Å²) in [5.41, 5.74) is 0. The van der Waals surface area contributed by atoms with E-state index < -0.39 is 10.0 Å². The van der Waals surface area contributed by atoms with E-state index in [1.807, 2.05) is 19.9 Å². The summed E-state index contributed by atoms with van der Waals surface area (Å²) in [4.78, 5) is 12.6. The Hall–Kier alpha value is -0.670. The fourth-order valence-electron chi connectivity index (χ4n) is 3.84.